The molecule has 0 saturated heterocycles. The second-order valence-electron chi connectivity index (χ2n) is 7.57. The zero-order valence-corrected chi connectivity index (χ0v) is 18.8. The summed E-state index contributed by atoms with van der Waals surface area (Å²) in [7, 11) is -1.79. The second kappa shape index (κ2) is 7.55. The number of likely N-dealkylation sites (N-methyl/N-ethyl adjacent to an activating group) is 1. The normalized spacial score (nSPS) is 13.7. The monoisotopic (exact) mass is 451 g/mol. The minimum absolute atomic E-state index is 0.203. The zero-order chi connectivity index (χ0) is 21.6. The number of hydrogen-bond acceptors (Lipinski definition) is 6. The third kappa shape index (κ3) is 3.84. The average Bonchev–Trinajstić information content (AvgIpc) is 3.17. The molecule has 3 aromatic carbocycles. The summed E-state index contributed by atoms with van der Waals surface area (Å²) in [5, 5.41) is 0.910. The Bertz CT molecular complexity index is 1380. The van der Waals surface area contributed by atoms with Crippen molar-refractivity contribution in [3.05, 3.63) is 66.2 Å². The summed E-state index contributed by atoms with van der Waals surface area (Å²) in [5.74, 6) is 0.697. The summed E-state index contributed by atoms with van der Waals surface area (Å²) in [4.78, 5) is 6.88. The summed E-state index contributed by atoms with van der Waals surface area (Å²) in [6.45, 7) is 3.37. The molecule has 8 heteroatoms. The van der Waals surface area contributed by atoms with Crippen LogP contribution < -0.4 is 14.4 Å². The topological polar surface area (TPSA) is 71.5 Å². The van der Waals surface area contributed by atoms with Crippen molar-refractivity contribution < 1.29 is 13.2 Å². The number of thiazole rings is 1. The summed E-state index contributed by atoms with van der Waals surface area (Å²) < 4.78 is 35.2. The van der Waals surface area contributed by atoms with Crippen molar-refractivity contribution in [2.75, 3.05) is 29.8 Å². The van der Waals surface area contributed by atoms with E-state index in [1.807, 2.05) is 36.2 Å². The van der Waals surface area contributed by atoms with Crippen LogP contribution in [0.3, 0.4) is 0 Å². The van der Waals surface area contributed by atoms with E-state index >= 15 is 0 Å². The largest absolute Gasteiger partial charge is 0.490 e. The fraction of sp³-hybridized carbons (Fsp3) is 0.174. The number of nitrogens with one attached hydrogen (secondary N) is 1. The van der Waals surface area contributed by atoms with Gasteiger partial charge in [0, 0.05) is 18.3 Å². The molecule has 1 aromatic heterocycles. The van der Waals surface area contributed by atoms with Crippen LogP contribution in [-0.2, 0) is 10.0 Å². The van der Waals surface area contributed by atoms with E-state index in [1.54, 1.807) is 41.7 Å². The molecule has 2 heterocycles. The van der Waals surface area contributed by atoms with Crippen LogP contribution >= 0.6 is 11.3 Å². The van der Waals surface area contributed by atoms with E-state index in [2.05, 4.69) is 22.7 Å². The van der Waals surface area contributed by atoms with Crippen molar-refractivity contribution >= 4 is 43.0 Å². The van der Waals surface area contributed by atoms with Crippen LogP contribution in [0.4, 0.5) is 11.4 Å². The zero-order valence-electron chi connectivity index (χ0n) is 17.1. The number of nitrogens with zero attached hydrogens (tertiary/aromatic N) is 2. The molecule has 5 rings (SSSR count). The number of sulfonamides is 1. The summed E-state index contributed by atoms with van der Waals surface area (Å²) in [6, 6.07) is 18.4. The highest BCUT2D eigenvalue weighted by molar-refractivity contribution is 7.92. The van der Waals surface area contributed by atoms with E-state index in [9.17, 15) is 8.42 Å². The van der Waals surface area contributed by atoms with Gasteiger partial charge in [0.1, 0.15) is 17.4 Å². The van der Waals surface area contributed by atoms with Gasteiger partial charge in [-0.25, -0.2) is 13.4 Å². The van der Waals surface area contributed by atoms with Crippen molar-refractivity contribution in [3.63, 3.8) is 0 Å². The number of aryl methyl sites for hydroxylation is 1. The van der Waals surface area contributed by atoms with Gasteiger partial charge in [0.15, 0.2) is 0 Å². The molecule has 0 spiro atoms. The average molecular weight is 452 g/mol. The molecule has 1 N–H and O–H groups in total. The summed E-state index contributed by atoms with van der Waals surface area (Å²) in [5.41, 5.74) is 4.40. The van der Waals surface area contributed by atoms with Crippen LogP contribution in [0.2, 0.25) is 0 Å². The molecule has 4 aromatic rings. The lowest BCUT2D eigenvalue weighted by Crippen LogP contribution is -2.29. The van der Waals surface area contributed by atoms with Gasteiger partial charge in [0.05, 0.1) is 27.3 Å². The predicted octanol–water partition coefficient (Wildman–Crippen LogP) is 4.90. The molecular formula is C23H21N3O3S2. The minimum atomic E-state index is -3.72. The molecule has 0 amide bonds. The second-order valence-corrected chi connectivity index (χ2v) is 10.3. The SMILES string of the molecule is Cc1ccc2nc(-c3ccc(NS(=O)(=O)c4ccc5c(c4)N(C)CCO5)cc3)sc2c1. The van der Waals surface area contributed by atoms with E-state index < -0.39 is 10.0 Å². The van der Waals surface area contributed by atoms with Crippen LogP contribution in [0.25, 0.3) is 20.8 Å². The van der Waals surface area contributed by atoms with E-state index in [0.29, 0.717) is 18.0 Å². The van der Waals surface area contributed by atoms with Gasteiger partial charge in [0.25, 0.3) is 10.0 Å². The Kier molecular flexibility index (Phi) is 4.83. The molecule has 31 heavy (non-hydrogen) atoms. The molecule has 6 nitrogen and oxygen atoms in total. The molecule has 158 valence electrons. The quantitative estimate of drug-likeness (QED) is 0.478. The van der Waals surface area contributed by atoms with Crippen LogP contribution in [0.1, 0.15) is 5.56 Å². The summed E-state index contributed by atoms with van der Waals surface area (Å²) >= 11 is 1.63. The van der Waals surface area contributed by atoms with Gasteiger partial charge < -0.3 is 9.64 Å². The lowest BCUT2D eigenvalue weighted by molar-refractivity contribution is 0.311. The molecular weight excluding hydrogens is 430 g/mol. The predicted molar refractivity (Wildman–Crippen MR) is 126 cm³/mol. The maximum atomic E-state index is 12.9. The number of rotatable bonds is 4. The minimum Gasteiger partial charge on any atom is -0.490 e. The van der Waals surface area contributed by atoms with E-state index in [-0.39, 0.29) is 4.90 Å². The molecule has 1 aliphatic heterocycles. The highest BCUT2D eigenvalue weighted by Gasteiger charge is 2.21. The molecule has 0 unspecified atom stereocenters. The lowest BCUT2D eigenvalue weighted by atomic mass is 10.2. The molecule has 0 saturated carbocycles. The van der Waals surface area contributed by atoms with Crippen LogP contribution in [0.15, 0.2) is 65.6 Å². The van der Waals surface area contributed by atoms with Crippen molar-refractivity contribution in [2.24, 2.45) is 0 Å². The van der Waals surface area contributed by atoms with Gasteiger partial charge in [-0.2, -0.15) is 0 Å². The lowest BCUT2D eigenvalue weighted by Gasteiger charge is -2.28. The van der Waals surface area contributed by atoms with Crippen molar-refractivity contribution in [1.29, 1.82) is 0 Å². The van der Waals surface area contributed by atoms with E-state index in [0.717, 1.165) is 33.0 Å². The van der Waals surface area contributed by atoms with Gasteiger partial charge in [0.2, 0.25) is 0 Å². The number of anilines is 2. The number of hydrogen-bond donors (Lipinski definition) is 1. The molecule has 0 fully saturated rings. The van der Waals surface area contributed by atoms with Gasteiger partial charge in [-0.05, 0) is 67.1 Å². The Labute approximate surface area is 185 Å². The first-order valence-electron chi connectivity index (χ1n) is 9.87. The van der Waals surface area contributed by atoms with Crippen molar-refractivity contribution in [2.45, 2.75) is 11.8 Å². The first-order chi connectivity index (χ1) is 14.9. The van der Waals surface area contributed by atoms with Gasteiger partial charge in [-0.3, -0.25) is 4.72 Å². The maximum absolute atomic E-state index is 12.9. The third-order valence-electron chi connectivity index (χ3n) is 5.26. The van der Waals surface area contributed by atoms with E-state index in [1.165, 1.54) is 5.56 Å². The fourth-order valence-electron chi connectivity index (χ4n) is 3.55. The van der Waals surface area contributed by atoms with Gasteiger partial charge in [-0.1, -0.05) is 6.07 Å². The fourth-order valence-corrected chi connectivity index (χ4v) is 5.70. The number of benzene rings is 3. The summed E-state index contributed by atoms with van der Waals surface area (Å²) in [6.07, 6.45) is 0. The molecule has 0 bridgehead atoms. The van der Waals surface area contributed by atoms with Crippen LogP contribution in [-0.4, -0.2) is 33.6 Å². The Morgan fingerprint density at radius 3 is 2.68 bits per heavy atom. The number of ether oxygens (including phenoxy) is 1. The highest BCUT2D eigenvalue weighted by atomic mass is 32.2. The Hall–Kier alpha value is -3.10. The molecule has 0 aliphatic carbocycles. The van der Waals surface area contributed by atoms with Crippen LogP contribution in [0, 0.1) is 6.92 Å². The van der Waals surface area contributed by atoms with Gasteiger partial charge in [-0.15, -0.1) is 11.3 Å². The number of fused-ring (bicyclic) bond motifs is 2. The maximum Gasteiger partial charge on any atom is 0.261 e. The Balaban J connectivity index is 1.39. The standard InChI is InChI=1S/C23H21N3O3S2/c1-15-3-9-19-22(13-15)30-23(24-19)16-4-6-17(7-5-16)25-31(27,28)18-8-10-21-20(14-18)26(2)11-12-29-21/h3-10,13-14,25H,11-12H2,1-2H3. The van der Waals surface area contributed by atoms with Gasteiger partial charge >= 0.3 is 0 Å². The van der Waals surface area contributed by atoms with Crippen LogP contribution in [0.5, 0.6) is 5.75 Å². The van der Waals surface area contributed by atoms with Crippen molar-refractivity contribution in [1.82, 2.24) is 4.98 Å². The first-order valence-corrected chi connectivity index (χ1v) is 12.2. The smallest absolute Gasteiger partial charge is 0.261 e. The Morgan fingerprint density at radius 2 is 1.87 bits per heavy atom. The number of aromatic nitrogens is 1. The third-order valence-corrected chi connectivity index (χ3v) is 7.71. The molecule has 0 atom stereocenters. The highest BCUT2D eigenvalue weighted by Crippen LogP contribution is 2.34. The Morgan fingerprint density at radius 1 is 1.06 bits per heavy atom. The van der Waals surface area contributed by atoms with Crippen molar-refractivity contribution in [3.8, 4) is 16.3 Å². The van der Waals surface area contributed by atoms with E-state index in [4.69, 9.17) is 4.74 Å². The first kappa shape index (κ1) is 19.8. The molecule has 1 aliphatic rings. The molecule has 0 radical (unpaired) electrons.